The van der Waals surface area contributed by atoms with E-state index in [1.54, 1.807) is 24.1 Å². The first-order valence-electron chi connectivity index (χ1n) is 7.41. The largest absolute Gasteiger partial charge is 0.459 e. The molecular formula is C14H18N4O2S. The van der Waals surface area contributed by atoms with Crippen molar-refractivity contribution in [2.24, 2.45) is 0 Å². The first-order valence-corrected chi connectivity index (χ1v) is 8.39. The normalized spacial score (nSPS) is 28.7. The van der Waals surface area contributed by atoms with E-state index in [1.165, 1.54) is 25.7 Å². The smallest absolute Gasteiger partial charge is 0.284 e. The van der Waals surface area contributed by atoms with Gasteiger partial charge in [0.1, 0.15) is 0 Å². The van der Waals surface area contributed by atoms with E-state index in [9.17, 15) is 0 Å². The van der Waals surface area contributed by atoms with Crippen molar-refractivity contribution >= 4 is 11.8 Å². The van der Waals surface area contributed by atoms with Gasteiger partial charge in [-0.3, -0.25) is 10.6 Å². The van der Waals surface area contributed by atoms with E-state index in [2.05, 4.69) is 20.8 Å². The van der Waals surface area contributed by atoms with Crippen LogP contribution in [0.3, 0.4) is 0 Å². The fourth-order valence-electron chi connectivity index (χ4n) is 3.11. The van der Waals surface area contributed by atoms with Gasteiger partial charge in [0, 0.05) is 17.8 Å². The molecule has 2 aromatic heterocycles. The Labute approximate surface area is 127 Å². The topological polar surface area (TPSA) is 76.1 Å². The second-order valence-corrected chi connectivity index (χ2v) is 6.52. The average Bonchev–Trinajstić information content (AvgIpc) is 3.23. The Morgan fingerprint density at radius 3 is 2.71 bits per heavy atom. The molecule has 2 aliphatic rings. The molecule has 112 valence electrons. The first-order chi connectivity index (χ1) is 10.4. The molecule has 0 spiro atoms. The molecule has 0 amide bonds. The molecule has 1 aliphatic heterocycles. The molecule has 0 aromatic carbocycles. The number of fused-ring (bicyclic) bond motifs is 1. The van der Waals surface area contributed by atoms with Crippen molar-refractivity contribution in [1.29, 1.82) is 0 Å². The minimum Gasteiger partial charge on any atom is -0.459 e. The molecule has 3 heterocycles. The van der Waals surface area contributed by atoms with E-state index < -0.39 is 0 Å². The van der Waals surface area contributed by atoms with Crippen molar-refractivity contribution in [3.05, 3.63) is 18.4 Å². The van der Waals surface area contributed by atoms with Crippen molar-refractivity contribution < 1.29 is 8.83 Å². The summed E-state index contributed by atoms with van der Waals surface area (Å²) in [6.07, 6.45) is 7.16. The van der Waals surface area contributed by atoms with E-state index in [-0.39, 0.29) is 0 Å². The van der Waals surface area contributed by atoms with Gasteiger partial charge >= 0.3 is 0 Å². The van der Waals surface area contributed by atoms with Crippen LogP contribution >= 0.6 is 11.8 Å². The van der Waals surface area contributed by atoms with E-state index >= 15 is 0 Å². The third kappa shape index (κ3) is 2.86. The highest BCUT2D eigenvalue weighted by molar-refractivity contribution is 7.99. The monoisotopic (exact) mass is 306 g/mol. The highest BCUT2D eigenvalue weighted by Gasteiger charge is 2.34. The summed E-state index contributed by atoms with van der Waals surface area (Å²) in [6.45, 7) is 0. The predicted molar refractivity (Wildman–Crippen MR) is 78.8 cm³/mol. The van der Waals surface area contributed by atoms with Gasteiger partial charge in [-0.05, 0) is 25.0 Å². The van der Waals surface area contributed by atoms with Crippen molar-refractivity contribution in [3.63, 3.8) is 0 Å². The van der Waals surface area contributed by atoms with Gasteiger partial charge in [-0.15, -0.1) is 10.2 Å². The Hall–Kier alpha value is -1.31. The molecule has 2 unspecified atom stereocenters. The molecule has 21 heavy (non-hydrogen) atoms. The van der Waals surface area contributed by atoms with E-state index in [0.717, 1.165) is 5.75 Å². The Bertz CT molecular complexity index is 572. The van der Waals surface area contributed by atoms with E-state index in [1.807, 2.05) is 6.07 Å². The van der Waals surface area contributed by atoms with Gasteiger partial charge in [-0.2, -0.15) is 0 Å². The molecule has 2 N–H and O–H groups in total. The van der Waals surface area contributed by atoms with Gasteiger partial charge in [-0.1, -0.05) is 24.6 Å². The SMILES string of the molecule is c1coc(-c2nnc(SCC3NC4CCCCC4N3)o2)c1. The zero-order chi connectivity index (χ0) is 14.1. The van der Waals surface area contributed by atoms with Gasteiger partial charge < -0.3 is 8.83 Å². The molecular weight excluding hydrogens is 288 g/mol. The maximum atomic E-state index is 5.60. The third-order valence-electron chi connectivity index (χ3n) is 4.11. The quantitative estimate of drug-likeness (QED) is 0.839. The number of nitrogens with zero attached hydrogens (tertiary/aromatic N) is 2. The second kappa shape index (κ2) is 5.82. The van der Waals surface area contributed by atoms with Crippen LogP contribution in [0.2, 0.25) is 0 Å². The number of rotatable bonds is 4. The van der Waals surface area contributed by atoms with Crippen LogP contribution in [0.25, 0.3) is 11.7 Å². The fraction of sp³-hybridized carbons (Fsp3) is 0.571. The zero-order valence-corrected chi connectivity index (χ0v) is 12.4. The van der Waals surface area contributed by atoms with Gasteiger partial charge in [-0.25, -0.2) is 0 Å². The van der Waals surface area contributed by atoms with Crippen LogP contribution in [0.5, 0.6) is 0 Å². The lowest BCUT2D eigenvalue weighted by molar-refractivity contribution is 0.374. The predicted octanol–water partition coefficient (Wildman–Crippen LogP) is 2.25. The van der Waals surface area contributed by atoms with Gasteiger partial charge in [0.05, 0.1) is 12.4 Å². The van der Waals surface area contributed by atoms with Crippen molar-refractivity contribution in [3.8, 4) is 11.7 Å². The molecule has 1 aliphatic carbocycles. The molecule has 1 saturated carbocycles. The van der Waals surface area contributed by atoms with Crippen LogP contribution in [0.1, 0.15) is 25.7 Å². The number of aromatic nitrogens is 2. The number of thioether (sulfide) groups is 1. The highest BCUT2D eigenvalue weighted by Crippen LogP contribution is 2.27. The Balaban J connectivity index is 1.33. The summed E-state index contributed by atoms with van der Waals surface area (Å²) < 4.78 is 10.8. The number of nitrogens with one attached hydrogen (secondary N) is 2. The maximum Gasteiger partial charge on any atom is 0.284 e. The zero-order valence-electron chi connectivity index (χ0n) is 11.6. The molecule has 2 fully saturated rings. The van der Waals surface area contributed by atoms with Gasteiger partial charge in [0.15, 0.2) is 5.76 Å². The number of hydrogen-bond acceptors (Lipinski definition) is 7. The average molecular weight is 306 g/mol. The lowest BCUT2D eigenvalue weighted by Crippen LogP contribution is -2.36. The van der Waals surface area contributed by atoms with Gasteiger partial charge in [0.2, 0.25) is 0 Å². The summed E-state index contributed by atoms with van der Waals surface area (Å²) in [7, 11) is 0. The summed E-state index contributed by atoms with van der Waals surface area (Å²) >= 11 is 1.57. The van der Waals surface area contributed by atoms with Crippen molar-refractivity contribution in [2.75, 3.05) is 5.75 Å². The molecule has 7 heteroatoms. The summed E-state index contributed by atoms with van der Waals surface area (Å²) in [5, 5.41) is 16.0. The Kier molecular flexibility index (Phi) is 3.71. The van der Waals surface area contributed by atoms with Crippen LogP contribution in [-0.4, -0.2) is 34.2 Å². The Morgan fingerprint density at radius 2 is 2.00 bits per heavy atom. The van der Waals surface area contributed by atoms with E-state index in [4.69, 9.17) is 8.83 Å². The summed E-state index contributed by atoms with van der Waals surface area (Å²) in [5.41, 5.74) is 0. The van der Waals surface area contributed by atoms with Gasteiger partial charge in [0.25, 0.3) is 11.1 Å². The van der Waals surface area contributed by atoms with Crippen LogP contribution in [-0.2, 0) is 0 Å². The molecule has 0 bridgehead atoms. The van der Waals surface area contributed by atoms with Crippen LogP contribution < -0.4 is 10.6 Å². The minimum absolute atomic E-state index is 0.321. The summed E-state index contributed by atoms with van der Waals surface area (Å²) in [4.78, 5) is 0. The minimum atomic E-state index is 0.321. The summed E-state index contributed by atoms with van der Waals surface area (Å²) in [5.74, 6) is 1.92. The van der Waals surface area contributed by atoms with Crippen molar-refractivity contribution in [2.45, 2.75) is 49.2 Å². The van der Waals surface area contributed by atoms with Crippen LogP contribution in [0.15, 0.2) is 32.5 Å². The summed E-state index contributed by atoms with van der Waals surface area (Å²) in [6, 6.07) is 4.88. The number of hydrogen-bond donors (Lipinski definition) is 2. The molecule has 4 rings (SSSR count). The molecule has 2 aromatic rings. The van der Waals surface area contributed by atoms with E-state index in [0.29, 0.717) is 35.1 Å². The Morgan fingerprint density at radius 1 is 1.19 bits per heavy atom. The third-order valence-corrected chi connectivity index (χ3v) is 5.02. The second-order valence-electron chi connectivity index (χ2n) is 5.54. The standard InChI is InChI=1S/C14H18N4O2S/c1-2-5-10-9(4-1)15-12(16-10)8-21-14-18-17-13(20-14)11-6-3-7-19-11/h3,6-7,9-10,12,15-16H,1-2,4-5,8H2. The first kappa shape index (κ1) is 13.4. The molecule has 2 atom stereocenters. The lowest BCUT2D eigenvalue weighted by Gasteiger charge is -2.23. The lowest BCUT2D eigenvalue weighted by atomic mass is 9.92. The van der Waals surface area contributed by atoms with Crippen LogP contribution in [0, 0.1) is 0 Å². The van der Waals surface area contributed by atoms with Crippen molar-refractivity contribution in [1.82, 2.24) is 20.8 Å². The molecule has 0 radical (unpaired) electrons. The van der Waals surface area contributed by atoms with Crippen LogP contribution in [0.4, 0.5) is 0 Å². The molecule has 6 nitrogen and oxygen atoms in total. The number of furan rings is 1. The molecule has 1 saturated heterocycles. The fourth-order valence-corrected chi connectivity index (χ4v) is 3.85. The maximum absolute atomic E-state index is 5.60. The highest BCUT2D eigenvalue weighted by atomic mass is 32.2.